The average molecular weight is 213 g/mol. The van der Waals surface area contributed by atoms with E-state index < -0.39 is 0 Å². The third-order valence-electron chi connectivity index (χ3n) is 3.05. The van der Waals surface area contributed by atoms with Crippen LogP contribution in [0.5, 0.6) is 0 Å². The van der Waals surface area contributed by atoms with Crippen LogP contribution < -0.4 is 0 Å². The Morgan fingerprint density at radius 2 is 1.47 bits per heavy atom. The van der Waals surface area contributed by atoms with Crippen molar-refractivity contribution in [3.8, 4) is 0 Å². The van der Waals surface area contributed by atoms with Crippen molar-refractivity contribution in [1.82, 2.24) is 0 Å². The van der Waals surface area contributed by atoms with Gasteiger partial charge in [-0.25, -0.2) is 0 Å². The van der Waals surface area contributed by atoms with E-state index in [1.165, 1.54) is 51.4 Å². The van der Waals surface area contributed by atoms with Gasteiger partial charge in [0.15, 0.2) is 0 Å². The molecule has 1 radical (unpaired) electrons. The smallest absolute Gasteiger partial charge is 0.0700 e. The maximum Gasteiger partial charge on any atom is 0.0700 e. The minimum absolute atomic E-state index is 0.716. The minimum Gasteiger partial charge on any atom is -0.382 e. The van der Waals surface area contributed by atoms with Crippen LogP contribution >= 0.6 is 0 Å². The fraction of sp³-hybridized carbons (Fsp3) is 0.923. The molecule has 0 aromatic rings. The van der Waals surface area contributed by atoms with Crippen LogP contribution in [-0.4, -0.2) is 26.9 Å². The summed E-state index contributed by atoms with van der Waals surface area (Å²) in [4.78, 5) is 0. The van der Waals surface area contributed by atoms with Gasteiger partial charge in [-0.15, -0.1) is 0 Å². The summed E-state index contributed by atoms with van der Waals surface area (Å²) in [5.74, 6) is 1.62. The first-order chi connectivity index (χ1) is 7.43. The summed E-state index contributed by atoms with van der Waals surface area (Å²) in [5.41, 5.74) is 0. The van der Waals surface area contributed by atoms with E-state index in [9.17, 15) is 0 Å². The second kappa shape index (κ2) is 9.17. The van der Waals surface area contributed by atoms with E-state index in [0.29, 0.717) is 6.61 Å². The molecule has 0 atom stereocenters. The summed E-state index contributed by atoms with van der Waals surface area (Å²) in [6, 6.07) is 0. The van der Waals surface area contributed by atoms with Crippen molar-refractivity contribution < 1.29 is 9.47 Å². The summed E-state index contributed by atoms with van der Waals surface area (Å²) in [7, 11) is 1.72. The Morgan fingerprint density at radius 1 is 0.867 bits per heavy atom. The van der Waals surface area contributed by atoms with E-state index in [1.54, 1.807) is 13.0 Å². The Hall–Kier alpha value is -0.0800. The lowest BCUT2D eigenvalue weighted by molar-refractivity contribution is 0.0731. The van der Waals surface area contributed by atoms with Gasteiger partial charge in [-0.3, -0.25) is 0 Å². The van der Waals surface area contributed by atoms with Crippen molar-refractivity contribution in [3.05, 3.63) is 5.92 Å². The molecule has 0 aliphatic heterocycles. The second-order valence-corrected chi connectivity index (χ2v) is 4.42. The Kier molecular flexibility index (Phi) is 7.94. The van der Waals surface area contributed by atoms with Gasteiger partial charge >= 0.3 is 0 Å². The summed E-state index contributed by atoms with van der Waals surface area (Å²) in [6.45, 7) is 2.32. The van der Waals surface area contributed by atoms with Gasteiger partial charge in [-0.1, -0.05) is 38.5 Å². The van der Waals surface area contributed by atoms with Crippen LogP contribution in [0, 0.1) is 5.92 Å². The predicted molar refractivity (Wildman–Crippen MR) is 62.9 cm³/mol. The normalized spacial score (nSPS) is 20.6. The van der Waals surface area contributed by atoms with Crippen molar-refractivity contribution in [3.63, 3.8) is 0 Å². The largest absolute Gasteiger partial charge is 0.382 e. The lowest BCUT2D eigenvalue weighted by Gasteiger charge is -2.15. The molecule has 1 rings (SSSR count). The summed E-state index contributed by atoms with van der Waals surface area (Å²) in [6.07, 6.45) is 11.0. The van der Waals surface area contributed by atoms with Crippen LogP contribution in [0.4, 0.5) is 0 Å². The molecule has 89 valence electrons. The zero-order valence-electron chi connectivity index (χ0n) is 10.1. The summed E-state index contributed by atoms with van der Waals surface area (Å²) < 4.78 is 10.6. The number of hydrogen-bond donors (Lipinski definition) is 0. The van der Waals surface area contributed by atoms with E-state index >= 15 is 0 Å². The Morgan fingerprint density at radius 3 is 2.07 bits per heavy atom. The topological polar surface area (TPSA) is 18.5 Å². The van der Waals surface area contributed by atoms with Crippen molar-refractivity contribution in [2.75, 3.05) is 26.9 Å². The van der Waals surface area contributed by atoms with Crippen molar-refractivity contribution >= 4 is 0 Å². The standard InChI is InChI=1S/C13H25O2/c1-14-10-11-15-12-13-8-6-4-2-3-5-7-9-13/h2-12H2,1H3. The van der Waals surface area contributed by atoms with Crippen LogP contribution in [-0.2, 0) is 9.47 Å². The van der Waals surface area contributed by atoms with Crippen LogP contribution in [0.2, 0.25) is 0 Å². The molecule has 2 heteroatoms. The maximum absolute atomic E-state index is 5.59. The Bertz CT molecular complexity index is 126. The van der Waals surface area contributed by atoms with E-state index in [-0.39, 0.29) is 0 Å². The summed E-state index contributed by atoms with van der Waals surface area (Å²) >= 11 is 0. The van der Waals surface area contributed by atoms with Gasteiger partial charge in [0.2, 0.25) is 0 Å². The molecule has 0 aromatic heterocycles. The van der Waals surface area contributed by atoms with Crippen LogP contribution in [0.15, 0.2) is 0 Å². The van der Waals surface area contributed by atoms with Gasteiger partial charge in [0.05, 0.1) is 19.8 Å². The lowest BCUT2D eigenvalue weighted by atomic mass is 9.98. The molecule has 1 aliphatic rings. The molecule has 0 amide bonds. The highest BCUT2D eigenvalue weighted by Crippen LogP contribution is 2.23. The molecule has 0 bridgehead atoms. The molecule has 15 heavy (non-hydrogen) atoms. The number of rotatable bonds is 5. The lowest BCUT2D eigenvalue weighted by Crippen LogP contribution is -2.10. The molecule has 2 nitrogen and oxygen atoms in total. The average Bonchev–Trinajstić information content (AvgIpc) is 2.38. The van der Waals surface area contributed by atoms with Gasteiger partial charge in [0.1, 0.15) is 0 Å². The molecule has 1 fully saturated rings. The molecule has 0 saturated heterocycles. The number of methoxy groups -OCH3 is 1. The van der Waals surface area contributed by atoms with Gasteiger partial charge in [-0.2, -0.15) is 0 Å². The quantitative estimate of drug-likeness (QED) is 0.652. The van der Waals surface area contributed by atoms with Crippen molar-refractivity contribution in [2.45, 2.75) is 51.4 Å². The molecule has 0 unspecified atom stereocenters. The molecular weight excluding hydrogens is 188 g/mol. The Balaban J connectivity index is 2.07. The molecule has 1 saturated carbocycles. The van der Waals surface area contributed by atoms with Crippen LogP contribution in [0.25, 0.3) is 0 Å². The minimum atomic E-state index is 0.716. The monoisotopic (exact) mass is 213 g/mol. The second-order valence-electron chi connectivity index (χ2n) is 4.42. The molecule has 0 heterocycles. The first kappa shape index (κ1) is 13.0. The van der Waals surface area contributed by atoms with Crippen molar-refractivity contribution in [1.29, 1.82) is 0 Å². The van der Waals surface area contributed by atoms with E-state index in [1.807, 2.05) is 0 Å². The third kappa shape index (κ3) is 6.91. The van der Waals surface area contributed by atoms with E-state index in [0.717, 1.165) is 13.2 Å². The first-order valence-corrected chi connectivity index (χ1v) is 6.33. The predicted octanol–water partition coefficient (Wildman–Crippen LogP) is 3.36. The van der Waals surface area contributed by atoms with Crippen LogP contribution in [0.1, 0.15) is 51.4 Å². The maximum atomic E-state index is 5.59. The molecule has 0 spiro atoms. The summed E-state index contributed by atoms with van der Waals surface area (Å²) in [5, 5.41) is 0. The highest BCUT2D eigenvalue weighted by molar-refractivity contribution is 4.89. The molecule has 0 aromatic carbocycles. The van der Waals surface area contributed by atoms with E-state index in [2.05, 4.69) is 0 Å². The fourth-order valence-corrected chi connectivity index (χ4v) is 2.09. The zero-order chi connectivity index (χ0) is 10.8. The highest BCUT2D eigenvalue weighted by atomic mass is 16.5. The van der Waals surface area contributed by atoms with E-state index in [4.69, 9.17) is 9.47 Å². The number of hydrogen-bond acceptors (Lipinski definition) is 2. The Labute approximate surface area is 94.3 Å². The van der Waals surface area contributed by atoms with Gasteiger partial charge < -0.3 is 9.47 Å². The van der Waals surface area contributed by atoms with Gasteiger partial charge in [-0.05, 0) is 12.8 Å². The zero-order valence-corrected chi connectivity index (χ0v) is 10.1. The SMILES string of the molecule is COCCOC[C]1CCCCCCCC1. The molecular formula is C13H25O2. The highest BCUT2D eigenvalue weighted by Gasteiger charge is 2.11. The van der Waals surface area contributed by atoms with Crippen LogP contribution in [0.3, 0.4) is 0 Å². The molecule has 1 aliphatic carbocycles. The van der Waals surface area contributed by atoms with Gasteiger partial charge in [0.25, 0.3) is 0 Å². The van der Waals surface area contributed by atoms with Crippen molar-refractivity contribution in [2.24, 2.45) is 0 Å². The molecule has 0 N–H and O–H groups in total. The number of ether oxygens (including phenoxy) is 2. The first-order valence-electron chi connectivity index (χ1n) is 6.33. The third-order valence-corrected chi connectivity index (χ3v) is 3.05. The fourth-order valence-electron chi connectivity index (χ4n) is 2.09. The van der Waals surface area contributed by atoms with Gasteiger partial charge in [0, 0.05) is 13.0 Å².